The predicted octanol–water partition coefficient (Wildman–Crippen LogP) is 3.53. The molecule has 1 aliphatic rings. The normalized spacial score (nSPS) is 13.1. The highest BCUT2D eigenvalue weighted by atomic mass is 16.2. The number of rotatable bonds is 6. The van der Waals surface area contributed by atoms with Crippen molar-refractivity contribution in [3.05, 3.63) is 93.8 Å². The molecule has 4 aromatic rings. The van der Waals surface area contributed by atoms with Crippen molar-refractivity contribution in [2.75, 3.05) is 0 Å². The number of hydrazine groups is 1. The highest BCUT2D eigenvalue weighted by Crippen LogP contribution is 2.34. The second-order valence-electron chi connectivity index (χ2n) is 8.91. The van der Waals surface area contributed by atoms with Crippen LogP contribution in [0.2, 0.25) is 0 Å². The number of hydrogen-bond donors (Lipinski definition) is 2. The van der Waals surface area contributed by atoms with Gasteiger partial charge in [-0.15, -0.1) is 0 Å². The first-order valence-electron chi connectivity index (χ1n) is 11.8. The Morgan fingerprint density at radius 2 is 1.71 bits per heavy atom. The Morgan fingerprint density at radius 3 is 2.46 bits per heavy atom. The smallest absolute Gasteiger partial charge is 0.271 e. The molecule has 0 bridgehead atoms. The SMILES string of the molecule is Cc1cc(C(=O)NNC(=O)CCc2nc3ccccc3c(=O)n2C2CC2)c(C)n1-c1ccccc1. The third-order valence-corrected chi connectivity index (χ3v) is 6.37. The Hall–Kier alpha value is -4.20. The molecule has 0 spiro atoms. The summed E-state index contributed by atoms with van der Waals surface area (Å²) in [5.74, 6) is -0.128. The summed E-state index contributed by atoms with van der Waals surface area (Å²) in [4.78, 5) is 42.9. The number of nitrogens with zero attached hydrogens (tertiary/aromatic N) is 3. The maximum absolute atomic E-state index is 13.0. The summed E-state index contributed by atoms with van der Waals surface area (Å²) in [7, 11) is 0. The van der Waals surface area contributed by atoms with Crippen LogP contribution in [0.3, 0.4) is 0 Å². The molecule has 1 fully saturated rings. The second kappa shape index (κ2) is 9.21. The summed E-state index contributed by atoms with van der Waals surface area (Å²) in [6.45, 7) is 3.81. The van der Waals surface area contributed by atoms with Crippen molar-refractivity contribution in [1.29, 1.82) is 0 Å². The van der Waals surface area contributed by atoms with E-state index in [0.717, 1.165) is 29.9 Å². The van der Waals surface area contributed by atoms with E-state index in [9.17, 15) is 14.4 Å². The van der Waals surface area contributed by atoms with E-state index in [-0.39, 0.29) is 29.8 Å². The third kappa shape index (κ3) is 4.47. The number of benzene rings is 2. The average Bonchev–Trinajstić information content (AvgIpc) is 3.65. The van der Waals surface area contributed by atoms with Gasteiger partial charge in [-0.25, -0.2) is 4.98 Å². The topological polar surface area (TPSA) is 98.0 Å². The summed E-state index contributed by atoms with van der Waals surface area (Å²) >= 11 is 0. The number of carbonyl (C=O) groups is 2. The first-order chi connectivity index (χ1) is 16.9. The van der Waals surface area contributed by atoms with Gasteiger partial charge in [-0.3, -0.25) is 29.8 Å². The van der Waals surface area contributed by atoms with E-state index in [1.807, 2.05) is 66.9 Å². The first-order valence-corrected chi connectivity index (χ1v) is 11.8. The minimum Gasteiger partial charge on any atom is -0.318 e. The number of aromatic nitrogens is 3. The molecule has 2 aromatic carbocycles. The molecular formula is C27H27N5O3. The van der Waals surface area contributed by atoms with Crippen molar-refractivity contribution >= 4 is 22.7 Å². The summed E-state index contributed by atoms with van der Waals surface area (Å²) < 4.78 is 3.73. The van der Waals surface area contributed by atoms with Crippen molar-refractivity contribution in [1.82, 2.24) is 25.0 Å². The highest BCUT2D eigenvalue weighted by molar-refractivity contribution is 5.97. The van der Waals surface area contributed by atoms with Gasteiger partial charge in [0.2, 0.25) is 5.91 Å². The van der Waals surface area contributed by atoms with Crippen LogP contribution in [-0.2, 0) is 11.2 Å². The molecule has 8 nitrogen and oxygen atoms in total. The van der Waals surface area contributed by atoms with Crippen LogP contribution < -0.4 is 16.4 Å². The number of nitrogens with one attached hydrogen (secondary N) is 2. The third-order valence-electron chi connectivity index (χ3n) is 6.37. The van der Waals surface area contributed by atoms with Crippen LogP contribution in [-0.4, -0.2) is 25.9 Å². The lowest BCUT2D eigenvalue weighted by atomic mass is 10.2. The summed E-state index contributed by atoms with van der Waals surface area (Å²) in [5, 5.41) is 0.591. The van der Waals surface area contributed by atoms with Crippen molar-refractivity contribution < 1.29 is 9.59 Å². The molecule has 5 rings (SSSR count). The maximum Gasteiger partial charge on any atom is 0.271 e. The van der Waals surface area contributed by atoms with Crippen LogP contribution in [0.1, 0.15) is 52.9 Å². The van der Waals surface area contributed by atoms with Crippen molar-refractivity contribution in [2.45, 2.75) is 45.6 Å². The molecule has 2 heterocycles. The number of fused-ring (bicyclic) bond motifs is 1. The molecule has 2 aromatic heterocycles. The van der Waals surface area contributed by atoms with Gasteiger partial charge in [-0.1, -0.05) is 30.3 Å². The standard InChI is InChI=1S/C27H27N5O3/c1-17-16-22(18(2)31(17)19-8-4-3-5-9-19)26(34)30-29-25(33)15-14-24-28-23-11-7-6-10-21(23)27(35)32(24)20-12-13-20/h3-11,16,20H,12-15H2,1-2H3,(H,29,33)(H,30,34). The molecular weight excluding hydrogens is 442 g/mol. The van der Waals surface area contributed by atoms with E-state index in [2.05, 4.69) is 15.8 Å². The first kappa shape index (κ1) is 22.6. The van der Waals surface area contributed by atoms with Gasteiger partial charge in [0.05, 0.1) is 16.5 Å². The molecule has 178 valence electrons. The van der Waals surface area contributed by atoms with Crippen LogP contribution in [0.15, 0.2) is 65.5 Å². The van der Waals surface area contributed by atoms with Crippen LogP contribution in [0.4, 0.5) is 0 Å². The molecule has 1 saturated carbocycles. The second-order valence-corrected chi connectivity index (χ2v) is 8.91. The van der Waals surface area contributed by atoms with Gasteiger partial charge in [0, 0.05) is 36.0 Å². The van der Waals surface area contributed by atoms with E-state index < -0.39 is 0 Å². The van der Waals surface area contributed by atoms with Crippen molar-refractivity contribution in [2.24, 2.45) is 0 Å². The summed E-state index contributed by atoms with van der Waals surface area (Å²) in [6.07, 6.45) is 2.29. The Kier molecular flexibility index (Phi) is 5.94. The van der Waals surface area contributed by atoms with Gasteiger partial charge in [-0.2, -0.15) is 0 Å². The van der Waals surface area contributed by atoms with Gasteiger partial charge in [0.1, 0.15) is 5.82 Å². The molecule has 0 unspecified atom stereocenters. The lowest BCUT2D eigenvalue weighted by molar-refractivity contribution is -0.121. The lowest BCUT2D eigenvalue weighted by Gasteiger charge is -2.13. The van der Waals surface area contributed by atoms with Crippen LogP contribution in [0, 0.1) is 13.8 Å². The summed E-state index contributed by atoms with van der Waals surface area (Å²) in [6, 6.07) is 19.0. The zero-order valence-electron chi connectivity index (χ0n) is 19.7. The largest absolute Gasteiger partial charge is 0.318 e. The zero-order chi connectivity index (χ0) is 24.5. The molecule has 0 radical (unpaired) electrons. The van der Waals surface area contributed by atoms with Gasteiger partial charge in [-0.05, 0) is 57.0 Å². The molecule has 1 aliphatic carbocycles. The average molecular weight is 470 g/mol. The van der Waals surface area contributed by atoms with Gasteiger partial charge < -0.3 is 4.57 Å². The fourth-order valence-electron chi connectivity index (χ4n) is 4.53. The van der Waals surface area contributed by atoms with Gasteiger partial charge in [0.25, 0.3) is 11.5 Å². The molecule has 0 atom stereocenters. The van der Waals surface area contributed by atoms with Crippen molar-refractivity contribution in [3.63, 3.8) is 0 Å². The van der Waals surface area contributed by atoms with Gasteiger partial charge >= 0.3 is 0 Å². The van der Waals surface area contributed by atoms with E-state index in [1.54, 1.807) is 16.7 Å². The Balaban J connectivity index is 1.25. The van der Waals surface area contributed by atoms with E-state index in [4.69, 9.17) is 0 Å². The molecule has 8 heteroatoms. The van der Waals surface area contributed by atoms with E-state index in [0.29, 0.717) is 28.7 Å². The quantitative estimate of drug-likeness (QED) is 0.422. The number of amides is 2. The Morgan fingerprint density at radius 1 is 1.00 bits per heavy atom. The minimum atomic E-state index is -0.382. The number of aryl methyl sites for hydroxylation is 2. The van der Waals surface area contributed by atoms with Crippen LogP contribution >= 0.6 is 0 Å². The predicted molar refractivity (Wildman–Crippen MR) is 133 cm³/mol. The zero-order valence-corrected chi connectivity index (χ0v) is 19.7. The van der Waals surface area contributed by atoms with Crippen molar-refractivity contribution in [3.8, 4) is 5.69 Å². The highest BCUT2D eigenvalue weighted by Gasteiger charge is 2.28. The van der Waals surface area contributed by atoms with Crippen LogP contribution in [0.25, 0.3) is 16.6 Å². The fraction of sp³-hybridized carbons (Fsp3) is 0.259. The Bertz CT molecular complexity index is 1480. The lowest BCUT2D eigenvalue weighted by Crippen LogP contribution is -2.42. The number of carbonyl (C=O) groups excluding carboxylic acids is 2. The van der Waals surface area contributed by atoms with Crippen LogP contribution in [0.5, 0.6) is 0 Å². The number of para-hydroxylation sites is 2. The summed E-state index contributed by atoms with van der Waals surface area (Å²) in [5.41, 5.74) is 8.76. The van der Waals surface area contributed by atoms with E-state index >= 15 is 0 Å². The maximum atomic E-state index is 13.0. The minimum absolute atomic E-state index is 0.0596. The van der Waals surface area contributed by atoms with Gasteiger partial charge in [0.15, 0.2) is 0 Å². The fourth-order valence-corrected chi connectivity index (χ4v) is 4.53. The van der Waals surface area contributed by atoms with E-state index in [1.165, 1.54) is 0 Å². The molecule has 0 saturated heterocycles. The molecule has 2 amide bonds. The molecule has 2 N–H and O–H groups in total. The molecule has 0 aliphatic heterocycles. The molecule has 35 heavy (non-hydrogen) atoms. The Labute approximate surface area is 202 Å². The number of hydrogen-bond acceptors (Lipinski definition) is 4. The monoisotopic (exact) mass is 469 g/mol.